The third-order valence-electron chi connectivity index (χ3n) is 6.37. The second kappa shape index (κ2) is 11.4. The number of pyridine rings is 1. The van der Waals surface area contributed by atoms with Crippen molar-refractivity contribution >= 4 is 46.3 Å². The lowest BCUT2D eigenvalue weighted by Gasteiger charge is -2.23. The predicted octanol–water partition coefficient (Wildman–Crippen LogP) is 6.84. The smallest absolute Gasteiger partial charge is 0.124 e. The average molecular weight is 523 g/mol. The average Bonchev–Trinajstić information content (AvgIpc) is 3.29. The molecule has 0 spiro atoms. The van der Waals surface area contributed by atoms with Crippen LogP contribution in [0.15, 0.2) is 54.9 Å². The van der Waals surface area contributed by atoms with Crippen LogP contribution in [0, 0.1) is 0 Å². The first-order valence-electron chi connectivity index (χ1n) is 12.1. The van der Waals surface area contributed by atoms with Crippen LogP contribution in [0.5, 0.6) is 5.75 Å². The number of aromatic nitrogens is 3. The van der Waals surface area contributed by atoms with Crippen LogP contribution in [-0.4, -0.2) is 34.4 Å². The number of benzene rings is 2. The predicted molar refractivity (Wildman–Crippen MR) is 145 cm³/mol. The largest absolute Gasteiger partial charge is 0.486 e. The number of halogens is 2. The molecule has 186 valence electrons. The number of ether oxygens (including phenoxy) is 2. The van der Waals surface area contributed by atoms with Crippen LogP contribution < -0.4 is 10.1 Å². The molecule has 0 aliphatic carbocycles. The summed E-state index contributed by atoms with van der Waals surface area (Å²) < 4.78 is 11.6. The van der Waals surface area contributed by atoms with Gasteiger partial charge in [0, 0.05) is 49.1 Å². The monoisotopic (exact) mass is 522 g/mol. The van der Waals surface area contributed by atoms with E-state index < -0.39 is 0 Å². The van der Waals surface area contributed by atoms with Gasteiger partial charge in [0.1, 0.15) is 11.9 Å². The fourth-order valence-electron chi connectivity index (χ4n) is 4.43. The van der Waals surface area contributed by atoms with Crippen LogP contribution in [0.2, 0.25) is 10.0 Å². The summed E-state index contributed by atoms with van der Waals surface area (Å²) in [4.78, 5) is 4.01. The van der Waals surface area contributed by atoms with Crippen molar-refractivity contribution in [3.63, 3.8) is 0 Å². The lowest BCUT2D eigenvalue weighted by molar-refractivity contribution is 0.0776. The third kappa shape index (κ3) is 5.90. The van der Waals surface area contributed by atoms with Crippen LogP contribution >= 0.6 is 23.2 Å². The molecule has 1 unspecified atom stereocenters. The van der Waals surface area contributed by atoms with E-state index in [0.717, 1.165) is 54.8 Å². The zero-order chi connectivity index (χ0) is 24.9. The molecule has 0 radical (unpaired) electrons. The Morgan fingerprint density at radius 1 is 1.11 bits per heavy atom. The Morgan fingerprint density at radius 2 is 1.92 bits per heavy atom. The topological polar surface area (TPSA) is 72.1 Å². The summed E-state index contributed by atoms with van der Waals surface area (Å²) in [6.45, 7) is 4.45. The fraction of sp³-hybridized carbons (Fsp3) is 0.286. The van der Waals surface area contributed by atoms with Crippen molar-refractivity contribution in [3.05, 3.63) is 87.3 Å². The van der Waals surface area contributed by atoms with Crippen LogP contribution in [0.4, 0.5) is 0 Å². The Hall–Kier alpha value is -2.90. The van der Waals surface area contributed by atoms with Gasteiger partial charge in [-0.15, -0.1) is 0 Å². The summed E-state index contributed by atoms with van der Waals surface area (Å²) in [7, 11) is 0. The summed E-state index contributed by atoms with van der Waals surface area (Å²) in [6, 6.07) is 14.9. The fourth-order valence-corrected chi connectivity index (χ4v) is 5.10. The molecule has 1 aliphatic rings. The molecule has 0 saturated carbocycles. The molecule has 5 rings (SSSR count). The van der Waals surface area contributed by atoms with Crippen LogP contribution in [0.1, 0.15) is 48.3 Å². The quantitative estimate of drug-likeness (QED) is 0.265. The molecular formula is C28H28Cl2N4O2. The molecule has 3 heterocycles. The molecule has 2 aromatic carbocycles. The number of nitrogens with zero attached hydrogens (tertiary/aromatic N) is 2. The van der Waals surface area contributed by atoms with Crippen molar-refractivity contribution in [1.29, 1.82) is 0 Å². The van der Waals surface area contributed by atoms with Crippen molar-refractivity contribution < 1.29 is 9.47 Å². The Labute approximate surface area is 220 Å². The highest BCUT2D eigenvalue weighted by atomic mass is 35.5. The van der Waals surface area contributed by atoms with Crippen molar-refractivity contribution in [2.45, 2.75) is 38.5 Å². The zero-order valence-electron chi connectivity index (χ0n) is 20.0. The van der Waals surface area contributed by atoms with E-state index in [4.69, 9.17) is 32.7 Å². The molecule has 2 aromatic heterocycles. The van der Waals surface area contributed by atoms with Gasteiger partial charge in [-0.05, 0) is 55.2 Å². The van der Waals surface area contributed by atoms with Gasteiger partial charge in [0.05, 0.1) is 21.3 Å². The van der Waals surface area contributed by atoms with E-state index in [1.807, 2.05) is 31.2 Å². The van der Waals surface area contributed by atoms with E-state index >= 15 is 0 Å². The van der Waals surface area contributed by atoms with Crippen molar-refractivity contribution in [2.24, 2.45) is 0 Å². The lowest BCUT2D eigenvalue weighted by atomic mass is 10.1. The number of hydrogen-bond donors (Lipinski definition) is 2. The Bertz CT molecular complexity index is 1340. The van der Waals surface area contributed by atoms with Gasteiger partial charge in [-0.25, -0.2) is 0 Å². The van der Waals surface area contributed by atoms with Gasteiger partial charge >= 0.3 is 0 Å². The second-order valence-corrected chi connectivity index (χ2v) is 9.75. The van der Waals surface area contributed by atoms with Crippen molar-refractivity contribution in [1.82, 2.24) is 20.5 Å². The van der Waals surface area contributed by atoms with E-state index in [2.05, 4.69) is 50.8 Å². The zero-order valence-corrected chi connectivity index (χ0v) is 21.5. The molecule has 1 atom stereocenters. The maximum atomic E-state index is 6.30. The summed E-state index contributed by atoms with van der Waals surface area (Å²) in [6.07, 6.45) is 9.04. The van der Waals surface area contributed by atoms with Gasteiger partial charge < -0.3 is 14.8 Å². The summed E-state index contributed by atoms with van der Waals surface area (Å²) in [5.41, 5.74) is 4.87. The van der Waals surface area contributed by atoms with E-state index in [0.29, 0.717) is 27.4 Å². The second-order valence-electron chi connectivity index (χ2n) is 8.94. The van der Waals surface area contributed by atoms with Crippen molar-refractivity contribution in [2.75, 3.05) is 13.2 Å². The van der Waals surface area contributed by atoms with Gasteiger partial charge in [0.2, 0.25) is 0 Å². The SMILES string of the molecule is CC(Oc1ccc2[nH]nc(/C=C/c3cccc(CNC4CCOCC4)c3)c2c1)c1c(Cl)cncc1Cl. The lowest BCUT2D eigenvalue weighted by Crippen LogP contribution is -2.34. The molecule has 1 aliphatic heterocycles. The maximum absolute atomic E-state index is 6.30. The Morgan fingerprint density at radius 3 is 2.72 bits per heavy atom. The number of H-pyrrole nitrogens is 1. The molecule has 1 fully saturated rings. The molecule has 36 heavy (non-hydrogen) atoms. The molecule has 6 nitrogen and oxygen atoms in total. The molecule has 2 N–H and O–H groups in total. The number of aromatic amines is 1. The van der Waals surface area contributed by atoms with Crippen molar-refractivity contribution in [3.8, 4) is 5.75 Å². The highest BCUT2D eigenvalue weighted by Gasteiger charge is 2.17. The molecule has 4 aromatic rings. The van der Waals surface area contributed by atoms with E-state index in [9.17, 15) is 0 Å². The number of fused-ring (bicyclic) bond motifs is 1. The van der Waals surface area contributed by atoms with E-state index in [-0.39, 0.29) is 6.10 Å². The highest BCUT2D eigenvalue weighted by Crippen LogP contribution is 2.33. The first kappa shape index (κ1) is 24.8. The van der Waals surface area contributed by atoms with Crippen LogP contribution in [0.25, 0.3) is 23.1 Å². The van der Waals surface area contributed by atoms with Gasteiger partial charge in [-0.3, -0.25) is 10.1 Å². The molecule has 1 saturated heterocycles. The van der Waals surface area contributed by atoms with Gasteiger partial charge in [-0.1, -0.05) is 53.5 Å². The van der Waals surface area contributed by atoms with Gasteiger partial charge in [-0.2, -0.15) is 5.10 Å². The van der Waals surface area contributed by atoms with Crippen LogP contribution in [-0.2, 0) is 11.3 Å². The maximum Gasteiger partial charge on any atom is 0.124 e. The first-order valence-corrected chi connectivity index (χ1v) is 12.8. The van der Waals surface area contributed by atoms with E-state index in [1.54, 1.807) is 12.4 Å². The number of nitrogens with one attached hydrogen (secondary N) is 2. The minimum Gasteiger partial charge on any atom is -0.486 e. The van der Waals surface area contributed by atoms with Gasteiger partial charge in [0.25, 0.3) is 0 Å². The highest BCUT2D eigenvalue weighted by molar-refractivity contribution is 6.35. The minimum atomic E-state index is -0.339. The Balaban J connectivity index is 1.29. The summed E-state index contributed by atoms with van der Waals surface area (Å²) in [5, 5.41) is 13.2. The summed E-state index contributed by atoms with van der Waals surface area (Å²) in [5.74, 6) is 0.705. The van der Waals surface area contributed by atoms with Crippen LogP contribution in [0.3, 0.4) is 0 Å². The Kier molecular flexibility index (Phi) is 7.87. The minimum absolute atomic E-state index is 0.339. The third-order valence-corrected chi connectivity index (χ3v) is 6.98. The molecule has 8 heteroatoms. The summed E-state index contributed by atoms with van der Waals surface area (Å²) >= 11 is 12.6. The van der Waals surface area contributed by atoms with E-state index in [1.165, 1.54) is 5.56 Å². The number of hydrogen-bond acceptors (Lipinski definition) is 5. The van der Waals surface area contributed by atoms with Gasteiger partial charge in [0.15, 0.2) is 0 Å². The molecule has 0 bridgehead atoms. The standard InChI is InChI=1S/C28H28Cl2N4O2/c1-18(28-24(29)16-31-17-25(28)30)36-22-6-8-27-23(14-22)26(33-34-27)7-5-19-3-2-4-20(13-19)15-32-21-9-11-35-12-10-21/h2-8,13-14,16-18,21,32H,9-12,15H2,1H3,(H,33,34)/b7-5+. The molecule has 0 amide bonds. The molecular weight excluding hydrogens is 495 g/mol. The normalized spacial score (nSPS) is 15.5. The first-order chi connectivity index (χ1) is 17.6. The number of rotatable bonds is 8.